The molecule has 0 spiro atoms. The molecule has 0 aromatic rings. The lowest BCUT2D eigenvalue weighted by molar-refractivity contribution is -0.145. The maximum Gasteiger partial charge on any atom is 0.311 e. The van der Waals surface area contributed by atoms with E-state index in [1.54, 1.807) is 5.57 Å². The summed E-state index contributed by atoms with van der Waals surface area (Å²) in [6, 6.07) is 0. The van der Waals surface area contributed by atoms with E-state index < -0.39 is 5.97 Å². The Balaban J connectivity index is 1.47. The third-order valence-electron chi connectivity index (χ3n) is 10.5. The molecule has 0 unspecified atom stereocenters. The van der Waals surface area contributed by atoms with Gasteiger partial charge in [-0.1, -0.05) is 65.5 Å². The molecule has 2 nitrogen and oxygen atoms in total. The second-order valence-corrected chi connectivity index (χ2v) is 12.6. The van der Waals surface area contributed by atoms with Crippen LogP contribution in [0.15, 0.2) is 11.6 Å². The summed E-state index contributed by atoms with van der Waals surface area (Å²) in [5.41, 5.74) is 2.42. The van der Waals surface area contributed by atoms with Gasteiger partial charge in [0.05, 0.1) is 6.92 Å². The smallest absolute Gasteiger partial charge is 0.311 e. The predicted octanol–water partition coefficient (Wildman–Crippen LogP) is 7.65. The Labute approximate surface area is 192 Å². The molecule has 0 bridgehead atoms. The first-order valence-corrected chi connectivity index (χ1v) is 13.3. The largest absolute Gasteiger partial charge is 0.462 e. The van der Waals surface area contributed by atoms with Gasteiger partial charge >= 0.3 is 5.97 Å². The van der Waals surface area contributed by atoms with Gasteiger partial charge in [-0.2, -0.15) is 0 Å². The molecule has 0 aromatic carbocycles. The van der Waals surface area contributed by atoms with Gasteiger partial charge in [0, 0.05) is 6.42 Å². The number of hydrogen-bond acceptors (Lipinski definition) is 2. The quantitative estimate of drug-likeness (QED) is 0.322. The molecule has 0 aromatic heterocycles. The summed E-state index contributed by atoms with van der Waals surface area (Å²) in [5.74, 6) is 4.58. The van der Waals surface area contributed by atoms with Crippen molar-refractivity contribution in [1.82, 2.24) is 0 Å². The molecule has 0 heterocycles. The SMILES string of the molecule is [CH]C(=O)O[C@H]1CC[C@@]2(C)C(=CC[C@H]3[C@@H]4CC[C@H]([C@H](C)CCCC(C)C)[C@@]4(C)CC[C@@H]32)C1. The molecule has 4 aliphatic rings. The fourth-order valence-electron chi connectivity index (χ4n) is 8.92. The van der Waals surface area contributed by atoms with Crippen LogP contribution in [0.3, 0.4) is 0 Å². The first-order valence-electron chi connectivity index (χ1n) is 13.3. The van der Waals surface area contributed by atoms with Gasteiger partial charge in [-0.3, -0.25) is 4.79 Å². The van der Waals surface area contributed by atoms with E-state index in [2.05, 4.69) is 40.7 Å². The van der Waals surface area contributed by atoms with E-state index in [1.165, 1.54) is 51.4 Å². The van der Waals surface area contributed by atoms with Crippen molar-refractivity contribution in [2.75, 3.05) is 0 Å². The van der Waals surface area contributed by atoms with Crippen LogP contribution < -0.4 is 0 Å². The summed E-state index contributed by atoms with van der Waals surface area (Å²) in [4.78, 5) is 11.3. The van der Waals surface area contributed by atoms with Gasteiger partial charge in [0.15, 0.2) is 0 Å². The van der Waals surface area contributed by atoms with Crippen LogP contribution >= 0.6 is 0 Å². The zero-order valence-corrected chi connectivity index (χ0v) is 20.8. The number of carbonyl (C=O) groups is 1. The van der Waals surface area contributed by atoms with Gasteiger partial charge in [0.2, 0.25) is 0 Å². The molecular weight excluding hydrogens is 380 g/mol. The van der Waals surface area contributed by atoms with Gasteiger partial charge < -0.3 is 4.74 Å². The molecule has 0 saturated heterocycles. The monoisotopic (exact) mass is 426 g/mol. The molecule has 31 heavy (non-hydrogen) atoms. The van der Waals surface area contributed by atoms with Crippen LogP contribution in [0, 0.1) is 53.3 Å². The van der Waals surface area contributed by atoms with Gasteiger partial charge in [-0.05, 0) is 91.3 Å². The van der Waals surface area contributed by atoms with E-state index in [-0.39, 0.29) is 6.10 Å². The van der Waals surface area contributed by atoms with Gasteiger partial charge in [0.1, 0.15) is 6.10 Å². The third kappa shape index (κ3) is 4.26. The van der Waals surface area contributed by atoms with Crippen molar-refractivity contribution < 1.29 is 9.53 Å². The number of rotatable bonds is 6. The molecule has 0 amide bonds. The Hall–Kier alpha value is -0.790. The van der Waals surface area contributed by atoms with E-state index in [4.69, 9.17) is 11.7 Å². The Bertz CT molecular complexity index is 693. The Kier molecular flexibility index (Phi) is 6.68. The van der Waals surface area contributed by atoms with Crippen molar-refractivity contribution in [2.45, 2.75) is 111 Å². The average molecular weight is 427 g/mol. The van der Waals surface area contributed by atoms with Crippen molar-refractivity contribution in [3.63, 3.8) is 0 Å². The Morgan fingerprint density at radius 3 is 2.58 bits per heavy atom. The molecule has 0 aliphatic heterocycles. The highest BCUT2D eigenvalue weighted by molar-refractivity contribution is 5.73. The van der Waals surface area contributed by atoms with Crippen molar-refractivity contribution in [3.05, 3.63) is 18.6 Å². The minimum atomic E-state index is -0.615. The zero-order chi connectivity index (χ0) is 22.4. The molecular formula is C29H46O2. The number of fused-ring (bicyclic) bond motifs is 5. The Morgan fingerprint density at radius 2 is 1.87 bits per heavy atom. The van der Waals surface area contributed by atoms with E-state index in [1.807, 2.05) is 0 Å². The van der Waals surface area contributed by atoms with Gasteiger partial charge in [0.25, 0.3) is 0 Å². The minimum Gasteiger partial charge on any atom is -0.462 e. The van der Waals surface area contributed by atoms with Crippen LogP contribution in [0.2, 0.25) is 0 Å². The molecule has 0 N–H and O–H groups in total. The molecule has 4 aliphatic carbocycles. The van der Waals surface area contributed by atoms with Crippen molar-refractivity contribution in [3.8, 4) is 0 Å². The van der Waals surface area contributed by atoms with Crippen molar-refractivity contribution in [2.24, 2.45) is 46.3 Å². The second kappa shape index (κ2) is 8.86. The summed E-state index contributed by atoms with van der Waals surface area (Å²) in [7, 11) is 0. The predicted molar refractivity (Wildman–Crippen MR) is 127 cm³/mol. The first-order chi connectivity index (χ1) is 14.6. The van der Waals surface area contributed by atoms with Crippen LogP contribution in [-0.2, 0) is 9.53 Å². The highest BCUT2D eigenvalue weighted by Gasteiger charge is 2.59. The highest BCUT2D eigenvalue weighted by atomic mass is 16.5. The molecule has 3 fully saturated rings. The first kappa shape index (κ1) is 23.4. The zero-order valence-electron chi connectivity index (χ0n) is 20.8. The van der Waals surface area contributed by atoms with E-state index >= 15 is 0 Å². The summed E-state index contributed by atoms with van der Waals surface area (Å²) in [6.07, 6.45) is 16.7. The third-order valence-corrected chi connectivity index (χ3v) is 10.5. The number of carbonyl (C=O) groups excluding carboxylic acids is 1. The maximum absolute atomic E-state index is 11.3. The van der Waals surface area contributed by atoms with Crippen LogP contribution in [0.4, 0.5) is 0 Å². The van der Waals surface area contributed by atoms with E-state index in [0.717, 1.165) is 54.8 Å². The van der Waals surface area contributed by atoms with Crippen LogP contribution in [0.25, 0.3) is 0 Å². The topological polar surface area (TPSA) is 26.3 Å². The summed E-state index contributed by atoms with van der Waals surface area (Å²) in [5, 5.41) is 0. The summed E-state index contributed by atoms with van der Waals surface area (Å²) in [6.45, 7) is 17.8. The molecule has 4 rings (SSSR count). The van der Waals surface area contributed by atoms with Crippen LogP contribution in [0.5, 0.6) is 0 Å². The fourth-order valence-corrected chi connectivity index (χ4v) is 8.92. The lowest BCUT2D eigenvalue weighted by Gasteiger charge is -2.58. The van der Waals surface area contributed by atoms with Gasteiger partial charge in [-0.15, -0.1) is 0 Å². The van der Waals surface area contributed by atoms with E-state index in [9.17, 15) is 4.79 Å². The normalized spacial score (nSPS) is 42.9. The Morgan fingerprint density at radius 1 is 1.10 bits per heavy atom. The number of allylic oxidation sites excluding steroid dienone is 1. The standard InChI is InChI=1S/C29H46O2/c1-19(2)8-7-9-20(3)25-12-13-26-24-11-10-22-18-23(31-21(4)30)14-16-28(22,5)27(24)15-17-29(25,26)6/h4,10,19-20,23-27H,7-9,11-18H2,1-3,5-6H3/t20-,23+,24+,25-,26+,27+,28+,29-/m1/s1. The lowest BCUT2D eigenvalue weighted by atomic mass is 9.47. The summed E-state index contributed by atoms with van der Waals surface area (Å²) < 4.78 is 5.39. The van der Waals surface area contributed by atoms with Gasteiger partial charge in [-0.25, -0.2) is 0 Å². The maximum atomic E-state index is 11.3. The van der Waals surface area contributed by atoms with Crippen LogP contribution in [0.1, 0.15) is 105 Å². The lowest BCUT2D eigenvalue weighted by Crippen LogP contribution is -2.51. The fraction of sp³-hybridized carbons (Fsp3) is 0.862. The second-order valence-electron chi connectivity index (χ2n) is 12.6. The van der Waals surface area contributed by atoms with Crippen LogP contribution in [-0.4, -0.2) is 12.1 Å². The number of ether oxygens (including phenoxy) is 1. The molecule has 2 heteroatoms. The molecule has 2 radical (unpaired) electrons. The molecule has 174 valence electrons. The molecule has 8 atom stereocenters. The average Bonchev–Trinajstić information content (AvgIpc) is 3.05. The van der Waals surface area contributed by atoms with Crippen molar-refractivity contribution >= 4 is 5.97 Å². The molecule has 3 saturated carbocycles. The number of esters is 1. The van der Waals surface area contributed by atoms with E-state index in [0.29, 0.717) is 10.8 Å². The minimum absolute atomic E-state index is 0.00946. The van der Waals surface area contributed by atoms with Crippen molar-refractivity contribution in [1.29, 1.82) is 0 Å². The summed E-state index contributed by atoms with van der Waals surface area (Å²) >= 11 is 0. The highest BCUT2D eigenvalue weighted by Crippen LogP contribution is 2.67. The number of hydrogen-bond donors (Lipinski definition) is 0.